The van der Waals surface area contributed by atoms with E-state index in [1.807, 2.05) is 0 Å². The zero-order chi connectivity index (χ0) is 17.0. The van der Waals surface area contributed by atoms with Crippen molar-refractivity contribution in [1.29, 1.82) is 5.26 Å². The Morgan fingerprint density at radius 1 is 1.13 bits per heavy atom. The lowest BCUT2D eigenvalue weighted by atomic mass is 9.98. The summed E-state index contributed by atoms with van der Waals surface area (Å²) < 4.78 is 0. The number of benzene rings is 2. The van der Waals surface area contributed by atoms with Gasteiger partial charge in [-0.2, -0.15) is 5.26 Å². The summed E-state index contributed by atoms with van der Waals surface area (Å²) in [4.78, 5) is 23.5. The van der Waals surface area contributed by atoms with E-state index < -0.39 is 21.2 Å². The van der Waals surface area contributed by atoms with Gasteiger partial charge in [-0.05, 0) is 5.53 Å². The Morgan fingerprint density at radius 3 is 2.17 bits per heavy atom. The predicted molar refractivity (Wildman–Crippen MR) is 78.7 cm³/mol. The van der Waals surface area contributed by atoms with Crippen LogP contribution in [0.15, 0.2) is 41.5 Å². The van der Waals surface area contributed by atoms with Gasteiger partial charge in [0.05, 0.1) is 21.5 Å². The first-order valence-electron chi connectivity index (χ1n) is 6.01. The molecule has 0 saturated carbocycles. The summed E-state index contributed by atoms with van der Waals surface area (Å²) in [5.74, 6) is 0. The van der Waals surface area contributed by atoms with Gasteiger partial charge in [0, 0.05) is 28.3 Å². The molecular weight excluding hydrogens is 304 g/mol. The predicted octanol–water partition coefficient (Wildman–Crippen LogP) is 3.98. The molecule has 0 radical (unpaired) electrons. The number of nitriles is 1. The van der Waals surface area contributed by atoms with Crippen molar-refractivity contribution in [3.05, 3.63) is 72.6 Å². The number of nitro benzene ring substituents is 2. The largest absolute Gasteiger partial charge is 0.285 e. The molecule has 0 aliphatic carbocycles. The van der Waals surface area contributed by atoms with Crippen LogP contribution in [0.3, 0.4) is 0 Å². The minimum absolute atomic E-state index is 0.00547. The lowest BCUT2D eigenvalue weighted by molar-refractivity contribution is -0.392. The van der Waals surface area contributed by atoms with Crippen molar-refractivity contribution in [2.45, 2.75) is 0 Å². The van der Waals surface area contributed by atoms with E-state index in [1.54, 1.807) is 6.07 Å². The van der Waals surface area contributed by atoms with E-state index in [0.717, 1.165) is 12.1 Å². The van der Waals surface area contributed by atoms with Gasteiger partial charge >= 0.3 is 0 Å². The molecule has 0 heterocycles. The van der Waals surface area contributed by atoms with Crippen molar-refractivity contribution in [3.8, 4) is 17.2 Å². The Morgan fingerprint density at radius 2 is 1.70 bits per heavy atom. The number of rotatable bonds is 4. The molecule has 23 heavy (non-hydrogen) atoms. The lowest BCUT2D eigenvalue weighted by Crippen LogP contribution is -1.99. The second-order valence-electron chi connectivity index (χ2n) is 4.22. The van der Waals surface area contributed by atoms with Crippen LogP contribution in [0.2, 0.25) is 0 Å². The molecule has 112 valence electrons. The third-order valence-electron chi connectivity index (χ3n) is 2.95. The molecule has 0 spiro atoms. The third-order valence-corrected chi connectivity index (χ3v) is 2.95. The molecule has 0 aliphatic rings. The van der Waals surface area contributed by atoms with Crippen molar-refractivity contribution in [1.82, 2.24) is 0 Å². The molecule has 2 rings (SSSR count). The molecule has 0 amide bonds. The minimum atomic E-state index is -0.823. The van der Waals surface area contributed by atoms with E-state index >= 15 is 0 Å². The van der Waals surface area contributed by atoms with Gasteiger partial charge in [-0.1, -0.05) is 29.4 Å². The molecule has 10 heteroatoms. The first-order chi connectivity index (χ1) is 11.0. The highest BCUT2D eigenvalue weighted by molar-refractivity contribution is 5.89. The van der Waals surface area contributed by atoms with E-state index in [2.05, 4.69) is 10.0 Å². The molecular formula is C13H6N6O4. The normalized spacial score (nSPS) is 9.52. The van der Waals surface area contributed by atoms with Crippen LogP contribution in [0.4, 0.5) is 17.1 Å². The SMILES string of the molecule is N#Cc1cc([N+](=O)[O-])c(-c2ccccc2N=[N+]=[N-])c([N+](=O)[O-])c1. The first-order valence-corrected chi connectivity index (χ1v) is 6.01. The summed E-state index contributed by atoms with van der Waals surface area (Å²) in [5, 5.41) is 34.8. The van der Waals surface area contributed by atoms with E-state index in [4.69, 9.17) is 10.8 Å². The highest BCUT2D eigenvalue weighted by Gasteiger charge is 2.29. The zero-order valence-electron chi connectivity index (χ0n) is 11.3. The summed E-state index contributed by atoms with van der Waals surface area (Å²) in [5.41, 5.74) is 6.86. The second-order valence-corrected chi connectivity index (χ2v) is 4.22. The fourth-order valence-corrected chi connectivity index (χ4v) is 2.06. The van der Waals surface area contributed by atoms with Gasteiger partial charge in [-0.15, -0.1) is 0 Å². The Bertz CT molecular complexity index is 876. The van der Waals surface area contributed by atoms with Gasteiger partial charge in [-0.3, -0.25) is 20.2 Å². The topological polar surface area (TPSA) is 159 Å². The van der Waals surface area contributed by atoms with Crippen molar-refractivity contribution in [2.75, 3.05) is 0 Å². The molecule has 2 aromatic carbocycles. The highest BCUT2D eigenvalue weighted by Crippen LogP contribution is 2.43. The van der Waals surface area contributed by atoms with Gasteiger partial charge in [0.1, 0.15) is 5.56 Å². The zero-order valence-corrected chi connectivity index (χ0v) is 11.3. The van der Waals surface area contributed by atoms with Crippen molar-refractivity contribution in [2.24, 2.45) is 5.11 Å². The van der Waals surface area contributed by atoms with Gasteiger partial charge in [0.15, 0.2) is 0 Å². The van der Waals surface area contributed by atoms with Crippen LogP contribution in [0, 0.1) is 31.6 Å². The molecule has 0 unspecified atom stereocenters. The molecule has 0 N–H and O–H groups in total. The first kappa shape index (κ1) is 15.4. The van der Waals surface area contributed by atoms with Crippen LogP contribution in [-0.2, 0) is 0 Å². The van der Waals surface area contributed by atoms with Crippen molar-refractivity contribution >= 4 is 17.1 Å². The van der Waals surface area contributed by atoms with Crippen LogP contribution in [0.25, 0.3) is 21.6 Å². The molecule has 0 aromatic heterocycles. The Kier molecular flexibility index (Phi) is 4.17. The fourth-order valence-electron chi connectivity index (χ4n) is 2.06. The molecule has 0 saturated heterocycles. The number of hydrogen-bond donors (Lipinski definition) is 0. The number of nitro groups is 2. The van der Waals surface area contributed by atoms with Crippen molar-refractivity contribution in [3.63, 3.8) is 0 Å². The molecule has 2 aromatic rings. The van der Waals surface area contributed by atoms with Crippen molar-refractivity contribution < 1.29 is 9.85 Å². The average molecular weight is 310 g/mol. The Hall–Kier alpha value is -3.96. The maximum Gasteiger partial charge on any atom is 0.285 e. The second kappa shape index (κ2) is 6.21. The van der Waals surface area contributed by atoms with Crippen LogP contribution in [0.5, 0.6) is 0 Å². The van der Waals surface area contributed by atoms with Gasteiger partial charge in [0.2, 0.25) is 0 Å². The smallest absolute Gasteiger partial charge is 0.258 e. The Balaban J connectivity index is 2.96. The molecule has 0 aliphatic heterocycles. The number of hydrogen-bond acceptors (Lipinski definition) is 6. The molecule has 10 nitrogen and oxygen atoms in total. The van der Waals surface area contributed by atoms with Gasteiger partial charge < -0.3 is 0 Å². The molecule has 0 atom stereocenters. The van der Waals surface area contributed by atoms with Gasteiger partial charge in [-0.25, -0.2) is 0 Å². The summed E-state index contributed by atoms with van der Waals surface area (Å²) >= 11 is 0. The van der Waals surface area contributed by atoms with E-state index in [-0.39, 0.29) is 22.4 Å². The summed E-state index contributed by atoms with van der Waals surface area (Å²) in [7, 11) is 0. The molecule has 0 bridgehead atoms. The van der Waals surface area contributed by atoms with Crippen LogP contribution >= 0.6 is 0 Å². The Labute approximate surface area is 128 Å². The lowest BCUT2D eigenvalue weighted by Gasteiger charge is -2.07. The third kappa shape index (κ3) is 2.90. The number of nitrogens with zero attached hydrogens (tertiary/aromatic N) is 6. The summed E-state index contributed by atoms with van der Waals surface area (Å²) in [6.45, 7) is 0. The highest BCUT2D eigenvalue weighted by atomic mass is 16.6. The van der Waals surface area contributed by atoms with E-state index in [0.29, 0.717) is 0 Å². The maximum absolute atomic E-state index is 11.3. The maximum atomic E-state index is 11.3. The van der Waals surface area contributed by atoms with Gasteiger partial charge in [0.25, 0.3) is 11.4 Å². The summed E-state index contributed by atoms with van der Waals surface area (Å²) in [6, 6.07) is 9.29. The van der Waals surface area contributed by atoms with Crippen LogP contribution in [0.1, 0.15) is 5.56 Å². The average Bonchev–Trinajstić information content (AvgIpc) is 2.54. The van der Waals surface area contributed by atoms with E-state index in [1.165, 1.54) is 24.3 Å². The monoisotopic (exact) mass is 310 g/mol. The van der Waals surface area contributed by atoms with Crippen LogP contribution < -0.4 is 0 Å². The van der Waals surface area contributed by atoms with E-state index in [9.17, 15) is 20.2 Å². The fraction of sp³-hybridized carbons (Fsp3) is 0. The number of azide groups is 1. The summed E-state index contributed by atoms with van der Waals surface area (Å²) in [6.07, 6.45) is 0. The minimum Gasteiger partial charge on any atom is -0.258 e. The standard InChI is InChI=1S/C13H6N6O4/c14-7-8-5-11(18(20)21)13(12(6-8)19(22)23)9-3-1-2-4-10(9)16-17-15/h1-6H. The van der Waals surface area contributed by atoms with Crippen LogP contribution in [-0.4, -0.2) is 9.85 Å². The quantitative estimate of drug-likeness (QED) is 0.274. The molecule has 0 fully saturated rings.